The number of benzene rings is 3. The molecule has 3 rings (SSSR count). The van der Waals surface area contributed by atoms with Gasteiger partial charge in [0.1, 0.15) is 5.69 Å². The first-order valence-corrected chi connectivity index (χ1v) is 9.29. The molecule has 0 aliphatic carbocycles. The molecule has 0 aliphatic heterocycles. The number of hydrogen-bond donors (Lipinski definition) is 1. The first kappa shape index (κ1) is 20.7. The second-order valence-electron chi connectivity index (χ2n) is 6.76. The number of non-ortho nitro benzene ring substituents is 1. The molecule has 0 unspecified atom stereocenters. The summed E-state index contributed by atoms with van der Waals surface area (Å²) < 4.78 is 0. The van der Waals surface area contributed by atoms with Gasteiger partial charge in [0.05, 0.1) is 15.9 Å². The van der Waals surface area contributed by atoms with Crippen LogP contribution in [0.5, 0.6) is 0 Å². The van der Waals surface area contributed by atoms with Gasteiger partial charge in [-0.05, 0) is 17.2 Å². The van der Waals surface area contributed by atoms with E-state index in [4.69, 9.17) is 0 Å². The fourth-order valence-corrected chi connectivity index (χ4v) is 3.31. The molecule has 1 atom stereocenters. The van der Waals surface area contributed by atoms with Crippen LogP contribution in [-0.2, 0) is 0 Å². The summed E-state index contributed by atoms with van der Waals surface area (Å²) >= 11 is 0. The Labute approximate surface area is 173 Å². The lowest BCUT2D eigenvalue weighted by Crippen LogP contribution is -2.13. The molecular weight excluding hydrogens is 384 g/mol. The minimum atomic E-state index is -0.676. The van der Waals surface area contributed by atoms with Crippen LogP contribution in [0.25, 0.3) is 0 Å². The number of nitrogens with zero attached hydrogens (tertiary/aromatic N) is 3. The van der Waals surface area contributed by atoms with Crippen molar-refractivity contribution >= 4 is 23.3 Å². The summed E-state index contributed by atoms with van der Waals surface area (Å²) in [6.07, 6.45) is 1.69. The Morgan fingerprint density at radius 3 is 1.93 bits per heavy atom. The van der Waals surface area contributed by atoms with E-state index in [9.17, 15) is 20.2 Å². The van der Waals surface area contributed by atoms with Crippen molar-refractivity contribution in [1.29, 1.82) is 0 Å². The van der Waals surface area contributed by atoms with Crippen LogP contribution in [0, 0.1) is 26.1 Å². The molecular formula is C22H20N4O4. The highest BCUT2D eigenvalue weighted by molar-refractivity contribution is 5.69. The lowest BCUT2D eigenvalue weighted by atomic mass is 9.82. The summed E-state index contributed by atoms with van der Waals surface area (Å²) in [6.45, 7) is 2.01. The van der Waals surface area contributed by atoms with Crippen molar-refractivity contribution in [2.75, 3.05) is 5.43 Å². The fraction of sp³-hybridized carbons (Fsp3) is 0.136. The Balaban J connectivity index is 1.84. The zero-order valence-electron chi connectivity index (χ0n) is 16.2. The number of anilines is 1. The summed E-state index contributed by atoms with van der Waals surface area (Å²) in [4.78, 5) is 20.8. The van der Waals surface area contributed by atoms with E-state index >= 15 is 0 Å². The highest BCUT2D eigenvalue weighted by Crippen LogP contribution is 2.32. The van der Waals surface area contributed by atoms with Gasteiger partial charge in [-0.2, -0.15) is 5.10 Å². The van der Waals surface area contributed by atoms with Gasteiger partial charge in [-0.25, -0.2) is 0 Å². The van der Waals surface area contributed by atoms with Gasteiger partial charge < -0.3 is 0 Å². The topological polar surface area (TPSA) is 111 Å². The molecule has 3 aromatic carbocycles. The van der Waals surface area contributed by atoms with E-state index in [0.29, 0.717) is 0 Å². The second kappa shape index (κ2) is 9.42. The van der Waals surface area contributed by atoms with Gasteiger partial charge in [0, 0.05) is 24.1 Å². The van der Waals surface area contributed by atoms with Crippen molar-refractivity contribution < 1.29 is 9.85 Å². The Bertz CT molecular complexity index is 1020. The van der Waals surface area contributed by atoms with Crippen LogP contribution < -0.4 is 5.43 Å². The summed E-state index contributed by atoms with van der Waals surface area (Å²) in [5.41, 5.74) is 4.24. The number of hydrazone groups is 1. The van der Waals surface area contributed by atoms with E-state index in [0.717, 1.165) is 17.2 Å². The van der Waals surface area contributed by atoms with Crippen molar-refractivity contribution in [3.63, 3.8) is 0 Å². The third kappa shape index (κ3) is 4.85. The number of nitrogens with one attached hydrogen (secondary N) is 1. The average molecular weight is 404 g/mol. The molecule has 1 N–H and O–H groups in total. The van der Waals surface area contributed by atoms with Crippen molar-refractivity contribution in [3.8, 4) is 0 Å². The van der Waals surface area contributed by atoms with Gasteiger partial charge >= 0.3 is 5.69 Å². The highest BCUT2D eigenvalue weighted by Gasteiger charge is 2.21. The van der Waals surface area contributed by atoms with Crippen molar-refractivity contribution in [3.05, 3.63) is 110 Å². The molecule has 0 heterocycles. The van der Waals surface area contributed by atoms with E-state index in [-0.39, 0.29) is 23.2 Å². The molecule has 0 saturated heterocycles. The molecule has 0 spiro atoms. The van der Waals surface area contributed by atoms with Crippen LogP contribution >= 0.6 is 0 Å². The van der Waals surface area contributed by atoms with Crippen LogP contribution in [0.2, 0.25) is 0 Å². The van der Waals surface area contributed by atoms with Crippen LogP contribution in [-0.4, -0.2) is 16.1 Å². The van der Waals surface area contributed by atoms with Gasteiger partial charge in [-0.1, -0.05) is 67.6 Å². The van der Waals surface area contributed by atoms with Crippen molar-refractivity contribution in [1.82, 2.24) is 0 Å². The molecule has 3 aromatic rings. The van der Waals surface area contributed by atoms with E-state index in [1.165, 1.54) is 12.1 Å². The molecule has 0 radical (unpaired) electrons. The van der Waals surface area contributed by atoms with E-state index < -0.39 is 15.5 Å². The first-order valence-electron chi connectivity index (χ1n) is 9.29. The smallest absolute Gasteiger partial charge is 0.272 e. The maximum atomic E-state index is 11.3. The fourth-order valence-electron chi connectivity index (χ4n) is 3.31. The molecule has 0 bridgehead atoms. The third-order valence-corrected chi connectivity index (χ3v) is 4.73. The monoisotopic (exact) mass is 404 g/mol. The maximum absolute atomic E-state index is 11.3. The van der Waals surface area contributed by atoms with Crippen LogP contribution in [0.15, 0.2) is 84.0 Å². The summed E-state index contributed by atoms with van der Waals surface area (Å²) in [5, 5.41) is 26.3. The summed E-state index contributed by atoms with van der Waals surface area (Å²) in [7, 11) is 0. The van der Waals surface area contributed by atoms with Gasteiger partial charge in [0.15, 0.2) is 0 Å². The normalized spacial score (nSPS) is 12.1. The summed E-state index contributed by atoms with van der Waals surface area (Å²) in [6, 6.07) is 23.4. The first-order chi connectivity index (χ1) is 14.5. The standard InChI is InChI=1S/C22H20N4O4/c1-16(22(17-8-4-2-5-9-17)18-10-6-3-7-11-18)15-23-24-20-13-12-19(25(27)28)14-21(20)26(29)30/h2-16,22,24H,1H3/b23-15-/t16-/m1/s1. The Morgan fingerprint density at radius 1 is 0.867 bits per heavy atom. The minimum absolute atomic E-state index is 0.0283. The molecule has 0 amide bonds. The van der Waals surface area contributed by atoms with Gasteiger partial charge in [-0.15, -0.1) is 0 Å². The highest BCUT2D eigenvalue weighted by atomic mass is 16.6. The molecule has 0 aromatic heterocycles. The van der Waals surface area contributed by atoms with E-state index in [1.807, 2.05) is 43.3 Å². The van der Waals surface area contributed by atoms with E-state index in [2.05, 4.69) is 34.8 Å². The Morgan fingerprint density at radius 2 is 1.43 bits per heavy atom. The largest absolute Gasteiger partial charge is 0.301 e. The Kier molecular flexibility index (Phi) is 6.49. The molecule has 8 heteroatoms. The predicted molar refractivity (Wildman–Crippen MR) is 116 cm³/mol. The third-order valence-electron chi connectivity index (χ3n) is 4.73. The van der Waals surface area contributed by atoms with Crippen LogP contribution in [0.4, 0.5) is 17.1 Å². The number of nitro benzene ring substituents is 2. The zero-order chi connectivity index (χ0) is 21.5. The Hall–Kier alpha value is -4.07. The quantitative estimate of drug-likeness (QED) is 0.308. The van der Waals surface area contributed by atoms with Crippen LogP contribution in [0.1, 0.15) is 24.0 Å². The lowest BCUT2D eigenvalue weighted by molar-refractivity contribution is -0.393. The maximum Gasteiger partial charge on any atom is 0.301 e. The molecule has 152 valence electrons. The average Bonchev–Trinajstić information content (AvgIpc) is 2.75. The summed E-state index contributed by atoms with van der Waals surface area (Å²) in [5.74, 6) is 0.0178. The number of rotatable bonds is 8. The SMILES string of the molecule is C[C@H](/C=N\Nc1ccc([N+](=O)[O-])cc1[N+](=O)[O-])C(c1ccccc1)c1ccccc1. The number of hydrogen-bond acceptors (Lipinski definition) is 6. The van der Waals surface area contributed by atoms with Gasteiger partial charge in [0.25, 0.3) is 5.69 Å². The van der Waals surface area contributed by atoms with Crippen LogP contribution in [0.3, 0.4) is 0 Å². The lowest BCUT2D eigenvalue weighted by Gasteiger charge is -2.22. The molecule has 0 saturated carbocycles. The van der Waals surface area contributed by atoms with Gasteiger partial charge in [-0.3, -0.25) is 25.7 Å². The zero-order valence-corrected chi connectivity index (χ0v) is 16.2. The minimum Gasteiger partial charge on any atom is -0.272 e. The molecule has 0 aliphatic rings. The second-order valence-corrected chi connectivity index (χ2v) is 6.76. The number of nitro groups is 2. The molecule has 8 nitrogen and oxygen atoms in total. The molecule has 30 heavy (non-hydrogen) atoms. The van der Waals surface area contributed by atoms with Crippen molar-refractivity contribution in [2.45, 2.75) is 12.8 Å². The van der Waals surface area contributed by atoms with Crippen molar-refractivity contribution in [2.24, 2.45) is 11.0 Å². The predicted octanol–water partition coefficient (Wildman–Crippen LogP) is 5.37. The van der Waals surface area contributed by atoms with E-state index in [1.54, 1.807) is 6.21 Å². The van der Waals surface area contributed by atoms with Gasteiger partial charge in [0.2, 0.25) is 0 Å². The molecule has 0 fully saturated rings.